The lowest BCUT2D eigenvalue weighted by Crippen LogP contribution is -2.05. The lowest BCUT2D eigenvalue weighted by atomic mass is 10.3. The highest BCUT2D eigenvalue weighted by molar-refractivity contribution is 9.10. The Bertz CT molecular complexity index is 463. The number of nitrogens with one attached hydrogen (secondary N) is 1. The molecule has 5 heteroatoms. The lowest BCUT2D eigenvalue weighted by Gasteiger charge is -2.01. The summed E-state index contributed by atoms with van der Waals surface area (Å²) >= 11 is 3.31. The molecule has 0 atom stereocenters. The molecule has 82 valence electrons. The van der Waals surface area contributed by atoms with Crippen LogP contribution in [0.25, 0.3) is 0 Å². The number of benzene rings is 1. The van der Waals surface area contributed by atoms with Crippen molar-refractivity contribution in [3.05, 3.63) is 40.5 Å². The summed E-state index contributed by atoms with van der Waals surface area (Å²) < 4.78 is 5.34. The third kappa shape index (κ3) is 3.41. The summed E-state index contributed by atoms with van der Waals surface area (Å²) in [6, 6.07) is 9.10. The number of nitriles is 1. The van der Waals surface area contributed by atoms with E-state index >= 15 is 0 Å². The molecule has 0 saturated heterocycles. The average molecular weight is 281 g/mol. The number of carbonyl (C=O) groups is 1. The minimum atomic E-state index is -0.662. The van der Waals surface area contributed by atoms with Crippen molar-refractivity contribution in [1.82, 2.24) is 0 Å². The predicted octanol–water partition coefficient (Wildman–Crippen LogP) is 2.44. The minimum Gasteiger partial charge on any atom is -0.465 e. The van der Waals surface area contributed by atoms with E-state index in [1.54, 1.807) is 6.07 Å². The molecule has 0 unspecified atom stereocenters. The Morgan fingerprint density at radius 1 is 1.62 bits per heavy atom. The zero-order chi connectivity index (χ0) is 12.0. The largest absolute Gasteiger partial charge is 0.465 e. The molecule has 1 aromatic carbocycles. The molecule has 16 heavy (non-hydrogen) atoms. The van der Waals surface area contributed by atoms with Crippen LogP contribution in [0.15, 0.2) is 40.5 Å². The van der Waals surface area contributed by atoms with Crippen LogP contribution < -0.4 is 5.32 Å². The van der Waals surface area contributed by atoms with Crippen LogP contribution in [0.5, 0.6) is 0 Å². The fraction of sp³-hybridized carbons (Fsp3) is 0.0909. The van der Waals surface area contributed by atoms with Crippen molar-refractivity contribution >= 4 is 27.6 Å². The van der Waals surface area contributed by atoms with Crippen molar-refractivity contribution in [2.45, 2.75) is 0 Å². The summed E-state index contributed by atoms with van der Waals surface area (Å²) in [5, 5.41) is 11.5. The van der Waals surface area contributed by atoms with Crippen molar-refractivity contribution in [1.29, 1.82) is 5.26 Å². The van der Waals surface area contributed by atoms with Crippen molar-refractivity contribution in [3.8, 4) is 6.07 Å². The Hall–Kier alpha value is -1.80. The molecule has 0 fully saturated rings. The number of halogens is 1. The van der Waals surface area contributed by atoms with Crippen LogP contribution in [0.1, 0.15) is 0 Å². The average Bonchev–Trinajstić information content (AvgIpc) is 2.29. The molecule has 1 aromatic rings. The molecule has 0 amide bonds. The quantitative estimate of drug-likeness (QED) is 0.525. The monoisotopic (exact) mass is 280 g/mol. The van der Waals surface area contributed by atoms with Gasteiger partial charge >= 0.3 is 5.97 Å². The van der Waals surface area contributed by atoms with Gasteiger partial charge < -0.3 is 10.1 Å². The highest BCUT2D eigenvalue weighted by Gasteiger charge is 2.07. The maximum absolute atomic E-state index is 11.1. The molecule has 0 radical (unpaired) electrons. The van der Waals surface area contributed by atoms with E-state index in [9.17, 15) is 4.79 Å². The van der Waals surface area contributed by atoms with Gasteiger partial charge in [-0.15, -0.1) is 0 Å². The molecule has 0 aromatic heterocycles. The summed E-state index contributed by atoms with van der Waals surface area (Å²) in [5.74, 6) is -0.662. The van der Waals surface area contributed by atoms with Crippen LogP contribution >= 0.6 is 15.9 Å². The van der Waals surface area contributed by atoms with E-state index in [2.05, 4.69) is 26.0 Å². The Morgan fingerprint density at radius 2 is 2.38 bits per heavy atom. The molecule has 0 aliphatic carbocycles. The maximum atomic E-state index is 11.1. The summed E-state index contributed by atoms with van der Waals surface area (Å²) in [5.41, 5.74) is 0.688. The Labute approximate surface area is 102 Å². The van der Waals surface area contributed by atoms with Gasteiger partial charge in [-0.1, -0.05) is 22.0 Å². The van der Waals surface area contributed by atoms with Crippen LogP contribution in [-0.2, 0) is 9.53 Å². The molecule has 0 aliphatic rings. The van der Waals surface area contributed by atoms with Crippen LogP contribution in [0, 0.1) is 11.3 Å². The second-order valence-electron chi connectivity index (χ2n) is 2.82. The molecule has 4 nitrogen and oxygen atoms in total. The van der Waals surface area contributed by atoms with E-state index in [4.69, 9.17) is 5.26 Å². The molecular formula is C11H9BrN2O2. The first-order valence-electron chi connectivity index (χ1n) is 4.38. The molecular weight excluding hydrogens is 272 g/mol. The van der Waals surface area contributed by atoms with Crippen LogP contribution in [0.4, 0.5) is 5.69 Å². The van der Waals surface area contributed by atoms with Gasteiger partial charge in [0.05, 0.1) is 7.11 Å². The number of methoxy groups -OCH3 is 1. The van der Waals surface area contributed by atoms with E-state index in [1.165, 1.54) is 13.3 Å². The highest BCUT2D eigenvalue weighted by Crippen LogP contribution is 2.15. The van der Waals surface area contributed by atoms with E-state index < -0.39 is 5.97 Å². The van der Waals surface area contributed by atoms with Gasteiger partial charge in [-0.2, -0.15) is 5.26 Å². The first-order valence-corrected chi connectivity index (χ1v) is 5.17. The minimum absolute atomic E-state index is 0.0810. The molecule has 0 bridgehead atoms. The first kappa shape index (κ1) is 12.3. The Balaban J connectivity index is 2.79. The first-order chi connectivity index (χ1) is 7.67. The van der Waals surface area contributed by atoms with Gasteiger partial charge in [-0.3, -0.25) is 0 Å². The van der Waals surface area contributed by atoms with Gasteiger partial charge in [0.25, 0.3) is 0 Å². The van der Waals surface area contributed by atoms with E-state index in [0.29, 0.717) is 0 Å². The summed E-state index contributed by atoms with van der Waals surface area (Å²) in [4.78, 5) is 11.1. The number of carbonyl (C=O) groups excluding carboxylic acids is 1. The SMILES string of the molecule is COC(=O)/C(C#N)=C\Nc1cccc(Br)c1. The Kier molecular flexibility index (Phi) is 4.55. The zero-order valence-electron chi connectivity index (χ0n) is 8.53. The fourth-order valence-corrected chi connectivity index (χ4v) is 1.38. The maximum Gasteiger partial charge on any atom is 0.350 e. The van der Waals surface area contributed by atoms with Crippen LogP contribution in [-0.4, -0.2) is 13.1 Å². The van der Waals surface area contributed by atoms with Crippen LogP contribution in [0.2, 0.25) is 0 Å². The van der Waals surface area contributed by atoms with E-state index in [1.807, 2.05) is 24.3 Å². The van der Waals surface area contributed by atoms with Crippen LogP contribution in [0.3, 0.4) is 0 Å². The van der Waals surface area contributed by atoms with Crippen molar-refractivity contribution in [3.63, 3.8) is 0 Å². The topological polar surface area (TPSA) is 62.1 Å². The lowest BCUT2D eigenvalue weighted by molar-refractivity contribution is -0.135. The number of rotatable bonds is 3. The standard InChI is InChI=1S/C11H9BrN2O2/c1-16-11(15)8(6-13)7-14-10-4-2-3-9(12)5-10/h2-5,7,14H,1H3/b8-7-. The van der Waals surface area contributed by atoms with Gasteiger partial charge in [-0.25, -0.2) is 4.79 Å². The smallest absolute Gasteiger partial charge is 0.350 e. The zero-order valence-corrected chi connectivity index (χ0v) is 10.1. The van der Waals surface area contributed by atoms with Gasteiger partial charge in [0, 0.05) is 16.4 Å². The van der Waals surface area contributed by atoms with Gasteiger partial charge in [-0.05, 0) is 18.2 Å². The summed E-state index contributed by atoms with van der Waals surface area (Å²) in [6.45, 7) is 0. The van der Waals surface area contributed by atoms with E-state index in [0.717, 1.165) is 10.2 Å². The molecule has 1 N–H and O–H groups in total. The van der Waals surface area contributed by atoms with Crippen molar-refractivity contribution in [2.75, 3.05) is 12.4 Å². The number of ether oxygens (including phenoxy) is 1. The second kappa shape index (κ2) is 5.93. The number of anilines is 1. The number of hydrogen-bond acceptors (Lipinski definition) is 4. The van der Waals surface area contributed by atoms with E-state index in [-0.39, 0.29) is 5.57 Å². The van der Waals surface area contributed by atoms with Crippen molar-refractivity contribution < 1.29 is 9.53 Å². The van der Waals surface area contributed by atoms with Gasteiger partial charge in [0.15, 0.2) is 5.57 Å². The Morgan fingerprint density at radius 3 is 2.94 bits per heavy atom. The predicted molar refractivity (Wildman–Crippen MR) is 63.5 cm³/mol. The normalized spacial score (nSPS) is 10.4. The number of nitrogens with zero attached hydrogens (tertiary/aromatic N) is 1. The van der Waals surface area contributed by atoms with Crippen molar-refractivity contribution in [2.24, 2.45) is 0 Å². The fourth-order valence-electron chi connectivity index (χ4n) is 0.981. The summed E-state index contributed by atoms with van der Waals surface area (Å²) in [7, 11) is 1.23. The second-order valence-corrected chi connectivity index (χ2v) is 3.73. The molecule has 0 spiro atoms. The number of hydrogen-bond donors (Lipinski definition) is 1. The third-order valence-corrected chi connectivity index (χ3v) is 2.23. The third-order valence-electron chi connectivity index (χ3n) is 1.73. The molecule has 0 heterocycles. The summed E-state index contributed by atoms with van der Waals surface area (Å²) in [6.07, 6.45) is 1.31. The molecule has 1 rings (SSSR count). The molecule has 0 saturated carbocycles. The molecule has 0 aliphatic heterocycles. The highest BCUT2D eigenvalue weighted by atomic mass is 79.9. The van der Waals surface area contributed by atoms with Gasteiger partial charge in [0.1, 0.15) is 6.07 Å². The number of esters is 1. The van der Waals surface area contributed by atoms with Gasteiger partial charge in [0.2, 0.25) is 0 Å².